The van der Waals surface area contributed by atoms with Gasteiger partial charge in [-0.3, -0.25) is 9.59 Å². The van der Waals surface area contributed by atoms with Crippen molar-refractivity contribution in [1.29, 1.82) is 0 Å². The van der Waals surface area contributed by atoms with Crippen molar-refractivity contribution >= 4 is 23.5 Å². The maximum atomic E-state index is 12.5. The molecule has 1 atom stereocenters. The number of anilines is 1. The number of aliphatic carboxylic acids is 1. The highest BCUT2D eigenvalue weighted by Crippen LogP contribution is 2.19. The third-order valence-corrected chi connectivity index (χ3v) is 4.47. The number of amides is 2. The van der Waals surface area contributed by atoms with E-state index in [-0.39, 0.29) is 18.4 Å². The second-order valence-electron chi connectivity index (χ2n) is 6.33. The second kappa shape index (κ2) is 7.82. The largest absolute Gasteiger partial charge is 0.481 e. The molecule has 0 aliphatic carbocycles. The van der Waals surface area contributed by atoms with Gasteiger partial charge in [0.2, 0.25) is 0 Å². The molecule has 6 nitrogen and oxygen atoms in total. The molecule has 1 aliphatic rings. The molecule has 2 N–H and O–H groups in total. The molecular weight excluding hydrogens is 332 g/mol. The Hall–Kier alpha value is -3.15. The average molecular weight is 352 g/mol. The van der Waals surface area contributed by atoms with Gasteiger partial charge in [-0.15, -0.1) is 0 Å². The number of ketones is 1. The van der Waals surface area contributed by atoms with Crippen LogP contribution in [0.5, 0.6) is 0 Å². The summed E-state index contributed by atoms with van der Waals surface area (Å²) in [5, 5.41) is 11.9. The number of urea groups is 1. The van der Waals surface area contributed by atoms with Gasteiger partial charge in [0.15, 0.2) is 5.78 Å². The van der Waals surface area contributed by atoms with Crippen molar-refractivity contribution in [2.75, 3.05) is 18.4 Å². The van der Waals surface area contributed by atoms with Gasteiger partial charge < -0.3 is 15.3 Å². The lowest BCUT2D eigenvalue weighted by Gasteiger charge is -2.30. The van der Waals surface area contributed by atoms with Gasteiger partial charge in [0.25, 0.3) is 0 Å². The Balaban J connectivity index is 1.69. The van der Waals surface area contributed by atoms with Gasteiger partial charge >= 0.3 is 12.0 Å². The zero-order valence-electron chi connectivity index (χ0n) is 14.2. The van der Waals surface area contributed by atoms with Crippen molar-refractivity contribution in [1.82, 2.24) is 4.90 Å². The fourth-order valence-electron chi connectivity index (χ4n) is 3.06. The monoisotopic (exact) mass is 352 g/mol. The number of carboxylic acid groups (broad SMARTS) is 1. The summed E-state index contributed by atoms with van der Waals surface area (Å²) in [6.45, 7) is 0.724. The molecule has 1 fully saturated rings. The van der Waals surface area contributed by atoms with E-state index < -0.39 is 11.9 Å². The number of hydrogen-bond acceptors (Lipinski definition) is 3. The zero-order valence-corrected chi connectivity index (χ0v) is 14.2. The first-order chi connectivity index (χ1) is 12.5. The van der Waals surface area contributed by atoms with Gasteiger partial charge in [0, 0.05) is 29.9 Å². The molecule has 0 saturated carbocycles. The van der Waals surface area contributed by atoms with Gasteiger partial charge in [-0.2, -0.15) is 0 Å². The molecule has 26 heavy (non-hydrogen) atoms. The first kappa shape index (κ1) is 17.7. The SMILES string of the molecule is O=C(c1ccccc1)c1cccc(NC(=O)N2CCCC(C(=O)O)C2)c1. The first-order valence-electron chi connectivity index (χ1n) is 8.53. The van der Waals surface area contributed by atoms with E-state index in [1.807, 2.05) is 6.07 Å². The number of carbonyl (C=O) groups excluding carboxylic acids is 2. The van der Waals surface area contributed by atoms with Crippen LogP contribution in [0.1, 0.15) is 28.8 Å². The van der Waals surface area contributed by atoms with E-state index in [1.165, 1.54) is 4.90 Å². The summed E-state index contributed by atoms with van der Waals surface area (Å²) < 4.78 is 0. The molecule has 6 heteroatoms. The number of likely N-dealkylation sites (tertiary alicyclic amines) is 1. The lowest BCUT2D eigenvalue weighted by atomic mass is 9.99. The highest BCUT2D eigenvalue weighted by atomic mass is 16.4. The number of piperidine rings is 1. The summed E-state index contributed by atoms with van der Waals surface area (Å²) in [6.07, 6.45) is 1.25. The van der Waals surface area contributed by atoms with Gasteiger partial charge in [-0.25, -0.2) is 4.79 Å². The van der Waals surface area contributed by atoms with Crippen molar-refractivity contribution in [3.8, 4) is 0 Å². The summed E-state index contributed by atoms with van der Waals surface area (Å²) in [6, 6.07) is 15.3. The molecule has 1 unspecified atom stereocenters. The van der Waals surface area contributed by atoms with Crippen LogP contribution in [0.25, 0.3) is 0 Å². The molecule has 2 aromatic carbocycles. The zero-order chi connectivity index (χ0) is 18.5. The normalized spacial score (nSPS) is 16.8. The van der Waals surface area contributed by atoms with E-state index >= 15 is 0 Å². The molecule has 1 saturated heterocycles. The summed E-state index contributed by atoms with van der Waals surface area (Å²) >= 11 is 0. The molecule has 0 bridgehead atoms. The van der Waals surface area contributed by atoms with Gasteiger partial charge in [0.05, 0.1) is 5.92 Å². The molecule has 2 amide bonds. The Morgan fingerprint density at radius 3 is 2.46 bits per heavy atom. The minimum Gasteiger partial charge on any atom is -0.481 e. The van der Waals surface area contributed by atoms with Crippen LogP contribution in [0.4, 0.5) is 10.5 Å². The summed E-state index contributed by atoms with van der Waals surface area (Å²) in [5.41, 5.74) is 1.57. The smallest absolute Gasteiger partial charge is 0.321 e. The minimum atomic E-state index is -0.877. The van der Waals surface area contributed by atoms with E-state index in [4.69, 9.17) is 5.11 Å². The fourth-order valence-corrected chi connectivity index (χ4v) is 3.06. The van der Waals surface area contributed by atoms with Crippen LogP contribution in [0.15, 0.2) is 54.6 Å². The fraction of sp³-hybridized carbons (Fsp3) is 0.250. The topological polar surface area (TPSA) is 86.7 Å². The molecule has 3 rings (SSSR count). The summed E-state index contributed by atoms with van der Waals surface area (Å²) in [7, 11) is 0. The Bertz CT molecular complexity index is 820. The van der Waals surface area contributed by atoms with Crippen molar-refractivity contribution in [2.45, 2.75) is 12.8 Å². The first-order valence-corrected chi connectivity index (χ1v) is 8.53. The van der Waals surface area contributed by atoms with E-state index in [2.05, 4.69) is 5.32 Å². The lowest BCUT2D eigenvalue weighted by Crippen LogP contribution is -2.44. The van der Waals surface area contributed by atoms with E-state index in [1.54, 1.807) is 48.5 Å². The number of nitrogens with zero attached hydrogens (tertiary/aromatic N) is 1. The third-order valence-electron chi connectivity index (χ3n) is 4.47. The predicted molar refractivity (Wildman–Crippen MR) is 97.3 cm³/mol. The molecule has 2 aromatic rings. The Kier molecular flexibility index (Phi) is 5.31. The number of hydrogen-bond donors (Lipinski definition) is 2. The van der Waals surface area contributed by atoms with Crippen LogP contribution < -0.4 is 5.32 Å². The summed E-state index contributed by atoms with van der Waals surface area (Å²) in [4.78, 5) is 37.6. The standard InChI is InChI=1S/C20H20N2O4/c23-18(14-6-2-1-3-7-14)15-8-4-10-17(12-15)21-20(26)22-11-5-9-16(13-22)19(24)25/h1-4,6-8,10,12,16H,5,9,11,13H2,(H,21,26)(H,24,25). The van der Waals surface area contributed by atoms with Crippen molar-refractivity contribution < 1.29 is 19.5 Å². The molecule has 0 radical (unpaired) electrons. The van der Waals surface area contributed by atoms with Crippen LogP contribution in [0.3, 0.4) is 0 Å². The maximum Gasteiger partial charge on any atom is 0.321 e. The summed E-state index contributed by atoms with van der Waals surface area (Å²) in [5.74, 6) is -1.52. The molecule has 0 spiro atoms. The number of carbonyl (C=O) groups is 3. The molecule has 0 aromatic heterocycles. The van der Waals surface area contributed by atoms with Crippen LogP contribution >= 0.6 is 0 Å². The molecule has 1 heterocycles. The van der Waals surface area contributed by atoms with Crippen molar-refractivity contribution in [3.63, 3.8) is 0 Å². The number of nitrogens with one attached hydrogen (secondary N) is 1. The number of carboxylic acids is 1. The Morgan fingerprint density at radius 2 is 1.73 bits per heavy atom. The van der Waals surface area contributed by atoms with E-state index in [9.17, 15) is 14.4 Å². The second-order valence-corrected chi connectivity index (χ2v) is 6.33. The molecule has 134 valence electrons. The number of benzene rings is 2. The Morgan fingerprint density at radius 1 is 1.00 bits per heavy atom. The maximum absolute atomic E-state index is 12.5. The highest BCUT2D eigenvalue weighted by molar-refractivity contribution is 6.09. The quantitative estimate of drug-likeness (QED) is 0.827. The van der Waals surface area contributed by atoms with E-state index in [0.29, 0.717) is 36.2 Å². The predicted octanol–water partition coefficient (Wildman–Crippen LogP) is 3.25. The van der Waals surface area contributed by atoms with Crippen molar-refractivity contribution in [3.05, 3.63) is 65.7 Å². The van der Waals surface area contributed by atoms with Crippen LogP contribution in [0.2, 0.25) is 0 Å². The van der Waals surface area contributed by atoms with Gasteiger partial charge in [-0.05, 0) is 25.0 Å². The minimum absolute atomic E-state index is 0.120. The van der Waals surface area contributed by atoms with Crippen LogP contribution in [-0.2, 0) is 4.79 Å². The van der Waals surface area contributed by atoms with E-state index in [0.717, 1.165) is 0 Å². The van der Waals surface area contributed by atoms with Crippen LogP contribution in [-0.4, -0.2) is 40.9 Å². The third kappa shape index (κ3) is 4.08. The molecule has 1 aliphatic heterocycles. The molecular formula is C20H20N2O4. The number of rotatable bonds is 4. The highest BCUT2D eigenvalue weighted by Gasteiger charge is 2.28. The van der Waals surface area contributed by atoms with Crippen LogP contribution in [0, 0.1) is 5.92 Å². The Labute approximate surface area is 151 Å². The van der Waals surface area contributed by atoms with Gasteiger partial charge in [0.1, 0.15) is 0 Å². The van der Waals surface area contributed by atoms with Crippen molar-refractivity contribution in [2.24, 2.45) is 5.92 Å². The lowest BCUT2D eigenvalue weighted by molar-refractivity contribution is -0.143. The van der Waals surface area contributed by atoms with Gasteiger partial charge in [-0.1, -0.05) is 42.5 Å². The average Bonchev–Trinajstić information content (AvgIpc) is 2.68.